The lowest BCUT2D eigenvalue weighted by Crippen LogP contribution is -2.38. The number of nitrogens with zero attached hydrogens (tertiary/aromatic N) is 1. The standard InChI is InChI=1S/C13H19BrN2/c1-13(2)6-3-7-16(13)12-8-11(14)5-4-10(12)9-15/h4-5,8H,3,6-7,9,15H2,1-2H3. The van der Waals surface area contributed by atoms with Crippen LogP contribution in [0.3, 0.4) is 0 Å². The second-order valence-corrected chi connectivity index (χ2v) is 5.96. The summed E-state index contributed by atoms with van der Waals surface area (Å²) in [5.41, 5.74) is 8.60. The number of nitrogens with two attached hydrogens (primary N) is 1. The number of benzene rings is 1. The molecule has 88 valence electrons. The zero-order valence-corrected chi connectivity index (χ0v) is 11.5. The Morgan fingerprint density at radius 1 is 1.44 bits per heavy atom. The monoisotopic (exact) mass is 282 g/mol. The molecule has 0 radical (unpaired) electrons. The fourth-order valence-electron chi connectivity index (χ4n) is 2.51. The molecule has 0 unspecified atom stereocenters. The Morgan fingerprint density at radius 2 is 2.19 bits per heavy atom. The van der Waals surface area contributed by atoms with Crippen LogP contribution >= 0.6 is 15.9 Å². The zero-order valence-electron chi connectivity index (χ0n) is 9.96. The molecule has 3 heteroatoms. The van der Waals surface area contributed by atoms with Crippen molar-refractivity contribution < 1.29 is 0 Å². The van der Waals surface area contributed by atoms with Gasteiger partial charge < -0.3 is 10.6 Å². The Labute approximate surface area is 106 Å². The van der Waals surface area contributed by atoms with Crippen LogP contribution in [0.4, 0.5) is 5.69 Å². The van der Waals surface area contributed by atoms with Crippen LogP contribution in [0.25, 0.3) is 0 Å². The van der Waals surface area contributed by atoms with E-state index in [-0.39, 0.29) is 5.54 Å². The number of rotatable bonds is 2. The van der Waals surface area contributed by atoms with Gasteiger partial charge in [-0.2, -0.15) is 0 Å². The molecule has 0 spiro atoms. The summed E-state index contributed by atoms with van der Waals surface area (Å²) < 4.78 is 1.13. The topological polar surface area (TPSA) is 29.3 Å². The molecule has 2 rings (SSSR count). The maximum Gasteiger partial charge on any atom is 0.0427 e. The van der Waals surface area contributed by atoms with Gasteiger partial charge in [0.2, 0.25) is 0 Å². The zero-order chi connectivity index (χ0) is 11.8. The summed E-state index contributed by atoms with van der Waals surface area (Å²) in [7, 11) is 0. The van der Waals surface area contributed by atoms with Crippen molar-refractivity contribution in [2.75, 3.05) is 11.4 Å². The number of hydrogen-bond donors (Lipinski definition) is 1. The summed E-state index contributed by atoms with van der Waals surface area (Å²) >= 11 is 3.54. The van der Waals surface area contributed by atoms with Gasteiger partial charge in [-0.25, -0.2) is 0 Å². The summed E-state index contributed by atoms with van der Waals surface area (Å²) in [5.74, 6) is 0. The second kappa shape index (κ2) is 4.38. The predicted octanol–water partition coefficient (Wildman–Crippen LogP) is 3.29. The van der Waals surface area contributed by atoms with Gasteiger partial charge >= 0.3 is 0 Å². The first-order valence-corrected chi connectivity index (χ1v) is 6.60. The summed E-state index contributed by atoms with van der Waals surface area (Å²) in [6.45, 7) is 6.36. The summed E-state index contributed by atoms with van der Waals surface area (Å²) in [6, 6.07) is 6.37. The summed E-state index contributed by atoms with van der Waals surface area (Å²) in [6.07, 6.45) is 2.52. The Hall–Kier alpha value is -0.540. The molecule has 1 aromatic rings. The number of halogens is 1. The third-order valence-electron chi connectivity index (χ3n) is 3.46. The molecule has 2 N–H and O–H groups in total. The average Bonchev–Trinajstić information content (AvgIpc) is 2.58. The van der Waals surface area contributed by atoms with E-state index in [9.17, 15) is 0 Å². The molecule has 0 saturated carbocycles. The normalized spacial score (nSPS) is 19.1. The molecule has 1 saturated heterocycles. The molecule has 1 fully saturated rings. The fourth-order valence-corrected chi connectivity index (χ4v) is 2.86. The minimum Gasteiger partial charge on any atom is -0.366 e. The first-order valence-electron chi connectivity index (χ1n) is 5.81. The highest BCUT2D eigenvalue weighted by Gasteiger charge is 2.32. The van der Waals surface area contributed by atoms with Crippen molar-refractivity contribution in [2.24, 2.45) is 5.73 Å². The quantitative estimate of drug-likeness (QED) is 0.902. The van der Waals surface area contributed by atoms with E-state index >= 15 is 0 Å². The fraction of sp³-hybridized carbons (Fsp3) is 0.538. The van der Waals surface area contributed by atoms with Crippen molar-refractivity contribution in [3.63, 3.8) is 0 Å². The van der Waals surface area contributed by atoms with Gasteiger partial charge in [-0.15, -0.1) is 0 Å². The van der Waals surface area contributed by atoms with Crippen molar-refractivity contribution in [3.8, 4) is 0 Å². The van der Waals surface area contributed by atoms with E-state index in [0.717, 1.165) is 11.0 Å². The highest BCUT2D eigenvalue weighted by Crippen LogP contribution is 2.36. The number of hydrogen-bond acceptors (Lipinski definition) is 2. The van der Waals surface area contributed by atoms with Gasteiger partial charge in [0.05, 0.1) is 0 Å². The molecule has 16 heavy (non-hydrogen) atoms. The van der Waals surface area contributed by atoms with Gasteiger partial charge in [0.1, 0.15) is 0 Å². The van der Waals surface area contributed by atoms with Crippen molar-refractivity contribution in [3.05, 3.63) is 28.2 Å². The van der Waals surface area contributed by atoms with Gasteiger partial charge in [0, 0.05) is 28.8 Å². The largest absolute Gasteiger partial charge is 0.366 e. The van der Waals surface area contributed by atoms with Gasteiger partial charge in [0.15, 0.2) is 0 Å². The van der Waals surface area contributed by atoms with E-state index in [1.807, 2.05) is 0 Å². The lowest BCUT2D eigenvalue weighted by molar-refractivity contribution is 0.517. The molecule has 1 aromatic carbocycles. The molecule has 1 aliphatic heterocycles. The molecule has 0 bridgehead atoms. The Morgan fingerprint density at radius 3 is 2.75 bits per heavy atom. The molecule has 0 aliphatic carbocycles. The maximum atomic E-state index is 5.81. The average molecular weight is 283 g/mol. The van der Waals surface area contributed by atoms with Crippen LogP contribution in [0.5, 0.6) is 0 Å². The highest BCUT2D eigenvalue weighted by atomic mass is 79.9. The smallest absolute Gasteiger partial charge is 0.0427 e. The van der Waals surface area contributed by atoms with E-state index < -0.39 is 0 Å². The van der Waals surface area contributed by atoms with E-state index in [1.54, 1.807) is 0 Å². The summed E-state index contributed by atoms with van der Waals surface area (Å²) in [5, 5.41) is 0. The Bertz CT molecular complexity index is 388. The van der Waals surface area contributed by atoms with Crippen molar-refractivity contribution in [2.45, 2.75) is 38.8 Å². The van der Waals surface area contributed by atoms with Gasteiger partial charge in [-0.3, -0.25) is 0 Å². The van der Waals surface area contributed by atoms with Crippen LogP contribution in [-0.4, -0.2) is 12.1 Å². The molecule has 0 amide bonds. The van der Waals surface area contributed by atoms with Gasteiger partial charge in [-0.05, 0) is 44.4 Å². The molecular formula is C13H19BrN2. The minimum atomic E-state index is 0.255. The Kier molecular flexibility index (Phi) is 3.27. The first kappa shape index (κ1) is 11.9. The first-order chi connectivity index (χ1) is 7.54. The molecule has 1 aliphatic rings. The van der Waals surface area contributed by atoms with Crippen LogP contribution in [0, 0.1) is 0 Å². The van der Waals surface area contributed by atoms with Crippen LogP contribution in [-0.2, 0) is 6.54 Å². The number of anilines is 1. The van der Waals surface area contributed by atoms with E-state index in [1.165, 1.54) is 24.1 Å². The molecule has 1 heterocycles. The van der Waals surface area contributed by atoms with Crippen LogP contribution < -0.4 is 10.6 Å². The highest BCUT2D eigenvalue weighted by molar-refractivity contribution is 9.10. The third-order valence-corrected chi connectivity index (χ3v) is 3.95. The van der Waals surface area contributed by atoms with Crippen LogP contribution in [0.2, 0.25) is 0 Å². The van der Waals surface area contributed by atoms with Crippen molar-refractivity contribution in [1.29, 1.82) is 0 Å². The molecular weight excluding hydrogens is 264 g/mol. The minimum absolute atomic E-state index is 0.255. The Balaban J connectivity index is 2.42. The third kappa shape index (κ3) is 2.11. The van der Waals surface area contributed by atoms with Crippen LogP contribution in [0.15, 0.2) is 22.7 Å². The van der Waals surface area contributed by atoms with E-state index in [0.29, 0.717) is 6.54 Å². The van der Waals surface area contributed by atoms with Gasteiger partial charge in [0.25, 0.3) is 0 Å². The SMILES string of the molecule is CC1(C)CCCN1c1cc(Br)ccc1CN. The predicted molar refractivity (Wildman–Crippen MR) is 72.7 cm³/mol. The van der Waals surface area contributed by atoms with Crippen molar-refractivity contribution >= 4 is 21.6 Å². The lowest BCUT2D eigenvalue weighted by Gasteiger charge is -2.35. The summed E-state index contributed by atoms with van der Waals surface area (Å²) in [4.78, 5) is 2.49. The van der Waals surface area contributed by atoms with E-state index in [4.69, 9.17) is 5.73 Å². The van der Waals surface area contributed by atoms with Gasteiger partial charge in [-0.1, -0.05) is 22.0 Å². The lowest BCUT2D eigenvalue weighted by atomic mass is 10.0. The van der Waals surface area contributed by atoms with E-state index in [2.05, 4.69) is 52.9 Å². The second-order valence-electron chi connectivity index (χ2n) is 5.04. The maximum absolute atomic E-state index is 5.81. The van der Waals surface area contributed by atoms with Crippen LogP contribution in [0.1, 0.15) is 32.3 Å². The van der Waals surface area contributed by atoms with Crippen molar-refractivity contribution in [1.82, 2.24) is 0 Å². The molecule has 0 atom stereocenters. The molecule has 0 aromatic heterocycles. The molecule has 2 nitrogen and oxygen atoms in total.